The minimum absolute atomic E-state index is 0.0753. The standard InChI is InChI=1S/C27H29N3O5/c1-29(17-24(31)34-4)25(19-10-8-11-21(14-19)33-3)27(32)30(2)16-23-22-12-7-6-9-18(22)13-20(15-28)26(23)35-5/h6-14,25H,16-17H2,1-5H3. The average molecular weight is 476 g/mol. The Hall–Kier alpha value is -4.09. The van der Waals surface area contributed by atoms with Crippen molar-refractivity contribution in [1.82, 2.24) is 9.80 Å². The smallest absolute Gasteiger partial charge is 0.319 e. The fourth-order valence-electron chi connectivity index (χ4n) is 4.16. The Bertz CT molecular complexity index is 1270. The highest BCUT2D eigenvalue weighted by molar-refractivity contribution is 5.91. The van der Waals surface area contributed by atoms with E-state index < -0.39 is 12.0 Å². The Morgan fingerprint density at radius 1 is 1.00 bits per heavy atom. The molecule has 0 fully saturated rings. The number of hydrogen-bond acceptors (Lipinski definition) is 7. The lowest BCUT2D eigenvalue weighted by Gasteiger charge is -2.31. The van der Waals surface area contributed by atoms with Crippen molar-refractivity contribution in [3.8, 4) is 17.6 Å². The van der Waals surface area contributed by atoms with Gasteiger partial charge in [-0.25, -0.2) is 0 Å². The van der Waals surface area contributed by atoms with Crippen molar-refractivity contribution in [2.75, 3.05) is 42.0 Å². The van der Waals surface area contributed by atoms with E-state index in [9.17, 15) is 14.9 Å². The van der Waals surface area contributed by atoms with E-state index in [2.05, 4.69) is 6.07 Å². The van der Waals surface area contributed by atoms with E-state index >= 15 is 0 Å². The van der Waals surface area contributed by atoms with Crippen molar-refractivity contribution in [3.05, 3.63) is 71.3 Å². The zero-order chi connectivity index (χ0) is 25.5. The molecule has 0 aliphatic rings. The molecule has 3 rings (SSSR count). The SMILES string of the molecule is COC(=O)CN(C)C(C(=O)N(C)Cc1c(OC)c(C#N)cc2ccccc12)c1cccc(OC)c1. The van der Waals surface area contributed by atoms with Crippen LogP contribution >= 0.6 is 0 Å². The summed E-state index contributed by atoms with van der Waals surface area (Å²) in [5.74, 6) is 0.346. The molecule has 3 aromatic carbocycles. The van der Waals surface area contributed by atoms with E-state index in [4.69, 9.17) is 14.2 Å². The van der Waals surface area contributed by atoms with Gasteiger partial charge in [0, 0.05) is 19.2 Å². The summed E-state index contributed by atoms with van der Waals surface area (Å²) in [6.45, 7) is 0.124. The molecule has 0 saturated carbocycles. The van der Waals surface area contributed by atoms with E-state index in [1.165, 1.54) is 14.2 Å². The van der Waals surface area contributed by atoms with Crippen LogP contribution in [-0.2, 0) is 20.9 Å². The van der Waals surface area contributed by atoms with E-state index in [0.717, 1.165) is 16.3 Å². The number of fused-ring (bicyclic) bond motifs is 1. The summed E-state index contributed by atoms with van der Waals surface area (Å²) in [5, 5.41) is 11.4. The largest absolute Gasteiger partial charge is 0.497 e. The lowest BCUT2D eigenvalue weighted by atomic mass is 9.98. The summed E-state index contributed by atoms with van der Waals surface area (Å²) in [6.07, 6.45) is 0. The number of esters is 1. The molecule has 8 nitrogen and oxygen atoms in total. The predicted molar refractivity (Wildman–Crippen MR) is 132 cm³/mol. The third kappa shape index (κ3) is 5.53. The number of carbonyl (C=O) groups excluding carboxylic acids is 2. The van der Waals surface area contributed by atoms with E-state index in [-0.39, 0.29) is 19.0 Å². The van der Waals surface area contributed by atoms with Gasteiger partial charge in [0.1, 0.15) is 23.6 Å². The number of carbonyl (C=O) groups is 2. The number of benzene rings is 3. The molecule has 0 N–H and O–H groups in total. The molecule has 0 bridgehead atoms. The summed E-state index contributed by atoms with van der Waals surface area (Å²) in [6, 6.07) is 18.0. The van der Waals surface area contributed by atoms with Crippen LogP contribution in [0.4, 0.5) is 0 Å². The molecule has 0 spiro atoms. The molecule has 1 unspecified atom stereocenters. The molecular formula is C27H29N3O5. The van der Waals surface area contributed by atoms with E-state index in [0.29, 0.717) is 22.6 Å². The summed E-state index contributed by atoms with van der Waals surface area (Å²) in [4.78, 5) is 29.1. The van der Waals surface area contributed by atoms with Crippen LogP contribution in [0.3, 0.4) is 0 Å². The van der Waals surface area contributed by atoms with Gasteiger partial charge in [0.15, 0.2) is 0 Å². The van der Waals surface area contributed by atoms with Crippen LogP contribution in [0.5, 0.6) is 11.5 Å². The number of methoxy groups -OCH3 is 3. The molecule has 8 heteroatoms. The predicted octanol–water partition coefficient (Wildman–Crippen LogP) is 3.53. The third-order valence-electron chi connectivity index (χ3n) is 5.89. The second kappa shape index (κ2) is 11.4. The molecule has 182 valence electrons. The number of nitriles is 1. The molecule has 0 saturated heterocycles. The van der Waals surface area contributed by atoms with E-state index in [1.54, 1.807) is 55.3 Å². The minimum Gasteiger partial charge on any atom is -0.497 e. The molecule has 0 aromatic heterocycles. The average Bonchev–Trinajstić information content (AvgIpc) is 2.88. The van der Waals surface area contributed by atoms with Gasteiger partial charge in [-0.1, -0.05) is 36.4 Å². The highest BCUT2D eigenvalue weighted by Crippen LogP contribution is 2.34. The van der Waals surface area contributed by atoms with Gasteiger partial charge in [0.05, 0.1) is 33.4 Å². The first-order valence-corrected chi connectivity index (χ1v) is 11.0. The summed E-state index contributed by atoms with van der Waals surface area (Å²) < 4.78 is 15.8. The zero-order valence-electron chi connectivity index (χ0n) is 20.6. The molecule has 3 aromatic rings. The summed E-state index contributed by atoms with van der Waals surface area (Å²) in [5.41, 5.74) is 1.81. The second-order valence-corrected chi connectivity index (χ2v) is 8.13. The van der Waals surface area contributed by atoms with E-state index in [1.807, 2.05) is 30.3 Å². The topological polar surface area (TPSA) is 92.1 Å². The van der Waals surface area contributed by atoms with Crippen molar-refractivity contribution in [2.45, 2.75) is 12.6 Å². The lowest BCUT2D eigenvalue weighted by Crippen LogP contribution is -2.41. The number of likely N-dealkylation sites (N-methyl/N-ethyl adjacent to an activating group) is 2. The number of ether oxygens (including phenoxy) is 3. The van der Waals surface area contributed by atoms with Gasteiger partial charge >= 0.3 is 5.97 Å². The Morgan fingerprint density at radius 2 is 1.74 bits per heavy atom. The van der Waals surface area contributed by atoms with Crippen molar-refractivity contribution >= 4 is 22.6 Å². The van der Waals surface area contributed by atoms with Gasteiger partial charge in [-0.15, -0.1) is 0 Å². The van der Waals surface area contributed by atoms with Crippen LogP contribution < -0.4 is 9.47 Å². The van der Waals surface area contributed by atoms with Crippen LogP contribution in [0.25, 0.3) is 10.8 Å². The number of nitrogens with zero attached hydrogens (tertiary/aromatic N) is 3. The van der Waals surface area contributed by atoms with Gasteiger partial charge < -0.3 is 19.1 Å². The Morgan fingerprint density at radius 3 is 2.40 bits per heavy atom. The molecule has 1 atom stereocenters. The molecule has 35 heavy (non-hydrogen) atoms. The molecule has 0 heterocycles. The fraction of sp³-hybridized carbons (Fsp3) is 0.296. The van der Waals surface area contributed by atoms with Gasteiger partial charge in [-0.2, -0.15) is 5.26 Å². The molecule has 0 aliphatic heterocycles. The van der Waals surface area contributed by atoms with Gasteiger partial charge in [-0.3, -0.25) is 14.5 Å². The van der Waals surface area contributed by atoms with Gasteiger partial charge in [-0.05, 0) is 41.6 Å². The van der Waals surface area contributed by atoms with Gasteiger partial charge in [0.2, 0.25) is 5.91 Å². The molecular weight excluding hydrogens is 446 g/mol. The Kier molecular flexibility index (Phi) is 8.29. The third-order valence-corrected chi connectivity index (χ3v) is 5.89. The maximum atomic E-state index is 13.8. The first-order chi connectivity index (χ1) is 16.8. The first-order valence-electron chi connectivity index (χ1n) is 11.0. The highest BCUT2D eigenvalue weighted by Gasteiger charge is 2.30. The monoisotopic (exact) mass is 475 g/mol. The van der Waals surface area contributed by atoms with Crippen LogP contribution in [0.2, 0.25) is 0 Å². The number of hydrogen-bond donors (Lipinski definition) is 0. The maximum Gasteiger partial charge on any atom is 0.319 e. The number of rotatable bonds is 9. The maximum absolute atomic E-state index is 13.8. The van der Waals surface area contributed by atoms with Crippen molar-refractivity contribution in [1.29, 1.82) is 5.26 Å². The Balaban J connectivity index is 2.04. The van der Waals surface area contributed by atoms with Crippen molar-refractivity contribution in [3.63, 3.8) is 0 Å². The molecule has 1 amide bonds. The first kappa shape index (κ1) is 25.5. The lowest BCUT2D eigenvalue weighted by molar-refractivity contribution is -0.144. The minimum atomic E-state index is -0.773. The molecule has 0 radical (unpaired) electrons. The highest BCUT2D eigenvalue weighted by atomic mass is 16.5. The summed E-state index contributed by atoms with van der Waals surface area (Å²) in [7, 11) is 7.76. The van der Waals surface area contributed by atoms with Crippen LogP contribution in [-0.4, -0.2) is 63.6 Å². The fourth-order valence-corrected chi connectivity index (χ4v) is 4.16. The Labute approximate surface area is 205 Å². The van der Waals surface area contributed by atoms with Gasteiger partial charge in [0.25, 0.3) is 0 Å². The second-order valence-electron chi connectivity index (χ2n) is 8.13. The zero-order valence-corrected chi connectivity index (χ0v) is 20.6. The van der Waals surface area contributed by atoms with Crippen LogP contribution in [0.1, 0.15) is 22.7 Å². The van der Waals surface area contributed by atoms with Crippen molar-refractivity contribution in [2.24, 2.45) is 0 Å². The summed E-state index contributed by atoms with van der Waals surface area (Å²) >= 11 is 0. The van der Waals surface area contributed by atoms with Crippen molar-refractivity contribution < 1.29 is 23.8 Å². The number of amides is 1. The normalized spacial score (nSPS) is 11.6. The molecule has 0 aliphatic carbocycles. The van der Waals surface area contributed by atoms with Crippen LogP contribution in [0.15, 0.2) is 54.6 Å². The van der Waals surface area contributed by atoms with Crippen LogP contribution in [0, 0.1) is 11.3 Å². The quantitative estimate of drug-likeness (QED) is 0.437.